The zero-order valence-electron chi connectivity index (χ0n) is 19.8. The molecule has 1 aliphatic rings. The van der Waals surface area contributed by atoms with Gasteiger partial charge in [-0.25, -0.2) is 0 Å². The van der Waals surface area contributed by atoms with Gasteiger partial charge in [0.15, 0.2) is 0 Å². The van der Waals surface area contributed by atoms with Gasteiger partial charge in [-0.3, -0.25) is 4.79 Å². The normalized spacial score (nSPS) is 16.2. The summed E-state index contributed by atoms with van der Waals surface area (Å²) in [6.07, 6.45) is 4.78. The van der Waals surface area contributed by atoms with E-state index >= 15 is 0 Å². The fraction of sp³-hybridized carbons (Fsp3) is 0.519. The standard InChI is InChI=1S/C27H38N2O3/c1-21(2)29(25-11-7-16-28-20-25)27(30)24-15-14-23(13-12-22-9-5-4-6-10-22)26(19-24)32-18-8-17-31-3/h4-6,9-10,14-15,19,21,25,28H,7-8,11-13,16-18,20H2,1-3H3/t25-/m1/s1. The van der Waals surface area contributed by atoms with Gasteiger partial charge in [0.1, 0.15) is 5.75 Å². The second-order valence-electron chi connectivity index (χ2n) is 8.81. The van der Waals surface area contributed by atoms with Crippen molar-refractivity contribution in [2.45, 2.75) is 58.0 Å². The highest BCUT2D eigenvalue weighted by molar-refractivity contribution is 5.95. The molecule has 2 aromatic carbocycles. The minimum Gasteiger partial charge on any atom is -0.493 e. The first kappa shape index (κ1) is 24.3. The third-order valence-corrected chi connectivity index (χ3v) is 6.05. The van der Waals surface area contributed by atoms with Gasteiger partial charge in [0.25, 0.3) is 5.91 Å². The van der Waals surface area contributed by atoms with E-state index in [4.69, 9.17) is 9.47 Å². The van der Waals surface area contributed by atoms with E-state index in [0.29, 0.717) is 18.8 Å². The smallest absolute Gasteiger partial charge is 0.254 e. The minimum absolute atomic E-state index is 0.0880. The van der Waals surface area contributed by atoms with Crippen LogP contribution in [0.3, 0.4) is 0 Å². The Labute approximate surface area is 193 Å². The van der Waals surface area contributed by atoms with E-state index in [1.54, 1.807) is 7.11 Å². The number of benzene rings is 2. The summed E-state index contributed by atoms with van der Waals surface area (Å²) in [5, 5.41) is 3.44. The molecule has 0 aromatic heterocycles. The zero-order valence-corrected chi connectivity index (χ0v) is 19.8. The van der Waals surface area contributed by atoms with E-state index in [1.807, 2.05) is 23.1 Å². The van der Waals surface area contributed by atoms with E-state index in [9.17, 15) is 4.79 Å². The van der Waals surface area contributed by atoms with Gasteiger partial charge >= 0.3 is 0 Å². The van der Waals surface area contributed by atoms with Gasteiger partial charge in [0.05, 0.1) is 6.61 Å². The van der Waals surface area contributed by atoms with Crippen LogP contribution in [-0.2, 0) is 17.6 Å². The van der Waals surface area contributed by atoms with Gasteiger partial charge in [0.2, 0.25) is 0 Å². The van der Waals surface area contributed by atoms with Crippen LogP contribution in [0.4, 0.5) is 0 Å². The first-order chi connectivity index (χ1) is 15.6. The summed E-state index contributed by atoms with van der Waals surface area (Å²) < 4.78 is 11.3. The highest BCUT2D eigenvalue weighted by Gasteiger charge is 2.28. The Morgan fingerprint density at radius 1 is 1.12 bits per heavy atom. The Bertz CT molecular complexity index is 832. The first-order valence-corrected chi connectivity index (χ1v) is 11.9. The summed E-state index contributed by atoms with van der Waals surface area (Å²) >= 11 is 0. The fourth-order valence-electron chi connectivity index (χ4n) is 4.38. The van der Waals surface area contributed by atoms with Crippen molar-refractivity contribution in [3.8, 4) is 5.75 Å². The highest BCUT2D eigenvalue weighted by atomic mass is 16.5. The third kappa shape index (κ3) is 6.81. The molecule has 0 bridgehead atoms. The summed E-state index contributed by atoms with van der Waals surface area (Å²) in [6, 6.07) is 16.8. The molecule has 0 saturated carbocycles. The monoisotopic (exact) mass is 438 g/mol. The molecule has 174 valence electrons. The fourth-order valence-corrected chi connectivity index (χ4v) is 4.38. The van der Waals surface area contributed by atoms with Gasteiger partial charge in [-0.05, 0) is 69.3 Å². The lowest BCUT2D eigenvalue weighted by atomic mass is 9.99. The molecule has 1 heterocycles. The minimum atomic E-state index is 0.0880. The third-order valence-electron chi connectivity index (χ3n) is 6.05. The van der Waals surface area contributed by atoms with Crippen molar-refractivity contribution in [3.63, 3.8) is 0 Å². The van der Waals surface area contributed by atoms with E-state index in [0.717, 1.165) is 56.5 Å². The molecule has 0 unspecified atom stereocenters. The zero-order chi connectivity index (χ0) is 22.8. The van der Waals surface area contributed by atoms with Crippen LogP contribution in [-0.4, -0.2) is 56.3 Å². The predicted octanol–water partition coefficient (Wildman–Crippen LogP) is 4.49. The van der Waals surface area contributed by atoms with E-state index in [2.05, 4.69) is 49.5 Å². The van der Waals surface area contributed by atoms with Crippen molar-refractivity contribution in [1.29, 1.82) is 0 Å². The Morgan fingerprint density at radius 3 is 2.62 bits per heavy atom. The van der Waals surface area contributed by atoms with E-state index in [1.165, 1.54) is 5.56 Å². The summed E-state index contributed by atoms with van der Waals surface area (Å²) in [5.74, 6) is 0.901. The van der Waals surface area contributed by atoms with Crippen LogP contribution in [0.25, 0.3) is 0 Å². The molecule has 2 aromatic rings. The summed E-state index contributed by atoms with van der Waals surface area (Å²) in [7, 11) is 1.70. The molecule has 3 rings (SSSR count). The van der Waals surface area contributed by atoms with Crippen LogP contribution in [0.5, 0.6) is 5.75 Å². The number of nitrogens with one attached hydrogen (secondary N) is 1. The number of nitrogens with zero attached hydrogens (tertiary/aromatic N) is 1. The van der Waals surface area contributed by atoms with Crippen molar-refractivity contribution in [3.05, 3.63) is 65.2 Å². The maximum atomic E-state index is 13.5. The molecular weight excluding hydrogens is 400 g/mol. The van der Waals surface area contributed by atoms with Crippen molar-refractivity contribution >= 4 is 5.91 Å². The summed E-state index contributed by atoms with van der Waals surface area (Å²) in [5.41, 5.74) is 3.14. The topological polar surface area (TPSA) is 50.8 Å². The van der Waals surface area contributed by atoms with Gasteiger partial charge in [0, 0.05) is 44.3 Å². The number of ether oxygens (including phenoxy) is 2. The first-order valence-electron chi connectivity index (χ1n) is 11.9. The summed E-state index contributed by atoms with van der Waals surface area (Å²) in [4.78, 5) is 15.6. The molecule has 0 spiro atoms. The molecule has 1 fully saturated rings. The van der Waals surface area contributed by atoms with Crippen molar-refractivity contribution in [2.24, 2.45) is 0 Å². The average molecular weight is 439 g/mol. The number of methoxy groups -OCH3 is 1. The number of piperidine rings is 1. The lowest BCUT2D eigenvalue weighted by molar-refractivity contribution is 0.0573. The van der Waals surface area contributed by atoms with Gasteiger partial charge in [-0.1, -0.05) is 36.4 Å². The lowest BCUT2D eigenvalue weighted by Gasteiger charge is -2.37. The SMILES string of the molecule is COCCCOc1cc(C(=O)N(C(C)C)[C@@H]2CCCNC2)ccc1CCc1ccccc1. The molecule has 1 amide bonds. The Balaban J connectivity index is 1.79. The van der Waals surface area contributed by atoms with E-state index < -0.39 is 0 Å². The molecule has 5 heteroatoms. The predicted molar refractivity (Wildman–Crippen MR) is 129 cm³/mol. The Kier molecular flexibility index (Phi) is 9.57. The van der Waals surface area contributed by atoms with Crippen LogP contribution >= 0.6 is 0 Å². The average Bonchev–Trinajstić information content (AvgIpc) is 2.82. The number of aryl methyl sites for hydroxylation is 2. The molecule has 1 aliphatic heterocycles. The number of hydrogen-bond donors (Lipinski definition) is 1. The molecule has 0 aliphatic carbocycles. The van der Waals surface area contributed by atoms with E-state index in [-0.39, 0.29) is 18.0 Å². The van der Waals surface area contributed by atoms with Crippen LogP contribution in [0.1, 0.15) is 54.6 Å². The van der Waals surface area contributed by atoms with Crippen LogP contribution < -0.4 is 10.1 Å². The van der Waals surface area contributed by atoms with Crippen molar-refractivity contribution in [2.75, 3.05) is 33.4 Å². The van der Waals surface area contributed by atoms with Gasteiger partial charge < -0.3 is 19.7 Å². The largest absolute Gasteiger partial charge is 0.493 e. The van der Waals surface area contributed by atoms with Gasteiger partial charge in [-0.2, -0.15) is 0 Å². The quantitative estimate of drug-likeness (QED) is 0.525. The van der Waals surface area contributed by atoms with Crippen LogP contribution in [0, 0.1) is 0 Å². The number of carbonyl (C=O) groups is 1. The summed E-state index contributed by atoms with van der Waals surface area (Å²) in [6.45, 7) is 7.33. The Morgan fingerprint density at radius 2 is 1.94 bits per heavy atom. The lowest BCUT2D eigenvalue weighted by Crippen LogP contribution is -2.51. The maximum absolute atomic E-state index is 13.5. The van der Waals surface area contributed by atoms with Crippen molar-refractivity contribution in [1.82, 2.24) is 10.2 Å². The Hall–Kier alpha value is -2.37. The van der Waals surface area contributed by atoms with Crippen molar-refractivity contribution < 1.29 is 14.3 Å². The molecular formula is C27H38N2O3. The maximum Gasteiger partial charge on any atom is 0.254 e. The number of amides is 1. The molecule has 1 N–H and O–H groups in total. The molecule has 1 atom stereocenters. The second kappa shape index (κ2) is 12.6. The number of carbonyl (C=O) groups excluding carboxylic acids is 1. The molecule has 1 saturated heterocycles. The van der Waals surface area contributed by atoms with Gasteiger partial charge in [-0.15, -0.1) is 0 Å². The number of hydrogen-bond acceptors (Lipinski definition) is 4. The second-order valence-corrected chi connectivity index (χ2v) is 8.81. The molecule has 0 radical (unpaired) electrons. The van der Waals surface area contributed by atoms with Crippen LogP contribution in [0.15, 0.2) is 48.5 Å². The highest BCUT2D eigenvalue weighted by Crippen LogP contribution is 2.25. The molecule has 5 nitrogen and oxygen atoms in total. The van der Waals surface area contributed by atoms with Crippen LogP contribution in [0.2, 0.25) is 0 Å². The molecule has 32 heavy (non-hydrogen) atoms. The number of rotatable bonds is 11.